The molecule has 4 aromatic rings. The maximum atomic E-state index is 15.1. The fourth-order valence-electron chi connectivity index (χ4n) is 5.34. The molecule has 2 aromatic carbocycles. The number of aliphatic hydroxyl groups is 1. The molecular weight excluding hydrogens is 493 g/mol. The second kappa shape index (κ2) is 9.68. The molecule has 2 fully saturated rings. The van der Waals surface area contributed by atoms with E-state index in [1.807, 2.05) is 28.8 Å². The van der Waals surface area contributed by atoms with Crippen LogP contribution in [0.1, 0.15) is 41.2 Å². The second-order valence-corrected chi connectivity index (χ2v) is 11.1. The van der Waals surface area contributed by atoms with Crippen molar-refractivity contribution in [3.63, 3.8) is 0 Å². The van der Waals surface area contributed by atoms with Crippen molar-refractivity contribution in [3.05, 3.63) is 53.5 Å². The van der Waals surface area contributed by atoms with E-state index in [0.29, 0.717) is 40.5 Å². The number of ether oxygens (including phenoxy) is 1. The van der Waals surface area contributed by atoms with Crippen LogP contribution in [0.25, 0.3) is 26.4 Å². The number of β-amino-alcohol motifs (C(OH)–C–C–N with tert-alkyl or cyclic N) is 1. The Morgan fingerprint density at radius 2 is 2.08 bits per heavy atom. The first-order valence-electron chi connectivity index (χ1n) is 12.6. The van der Waals surface area contributed by atoms with Crippen molar-refractivity contribution in [2.75, 3.05) is 33.8 Å². The van der Waals surface area contributed by atoms with Gasteiger partial charge in [0.05, 0.1) is 34.7 Å². The van der Waals surface area contributed by atoms with Gasteiger partial charge in [0.2, 0.25) is 0 Å². The molecule has 10 heteroatoms. The van der Waals surface area contributed by atoms with Gasteiger partial charge in [-0.1, -0.05) is 17.4 Å². The number of hydrogen-bond donors (Lipinski definition) is 3. The Hall–Kier alpha value is -3.05. The van der Waals surface area contributed by atoms with Crippen LogP contribution in [-0.2, 0) is 0 Å². The summed E-state index contributed by atoms with van der Waals surface area (Å²) in [5.41, 5.74) is 3.14. The van der Waals surface area contributed by atoms with Crippen LogP contribution in [0.15, 0.2) is 36.5 Å². The standard InChI is InChI=1S/C27H30FN5O3S/c1-32-7-5-16(6-8-32)30-26(35)19-11-25-23(12-24(19)36-2)33-14-22(31-27(33)37-25)18-4-3-15(9-20(18)28)21-10-17(34)13-29-21/h3-4,9,11-12,14,16-17,21,29,34H,5-8,10,13H2,1-2H3,(H,30,35)/t17-,21?/m1/s1. The zero-order chi connectivity index (χ0) is 25.7. The number of methoxy groups -OCH3 is 1. The van der Waals surface area contributed by atoms with Crippen LogP contribution in [0, 0.1) is 5.82 Å². The van der Waals surface area contributed by atoms with Crippen LogP contribution >= 0.6 is 11.3 Å². The number of imidazole rings is 1. The zero-order valence-electron chi connectivity index (χ0n) is 20.8. The molecule has 1 unspecified atom stereocenters. The minimum absolute atomic E-state index is 0.0497. The Morgan fingerprint density at radius 1 is 1.27 bits per heavy atom. The molecule has 0 saturated carbocycles. The summed E-state index contributed by atoms with van der Waals surface area (Å²) in [6.45, 7) is 2.45. The fraction of sp³-hybridized carbons (Fsp3) is 0.407. The van der Waals surface area contributed by atoms with Gasteiger partial charge in [0.25, 0.3) is 5.91 Å². The Labute approximate surface area is 218 Å². The lowest BCUT2D eigenvalue weighted by molar-refractivity contribution is 0.0914. The predicted molar refractivity (Wildman–Crippen MR) is 142 cm³/mol. The van der Waals surface area contributed by atoms with Crippen molar-refractivity contribution in [2.24, 2.45) is 0 Å². The molecule has 0 radical (unpaired) electrons. The number of nitrogens with zero attached hydrogens (tertiary/aromatic N) is 3. The number of likely N-dealkylation sites (tertiary alicyclic amines) is 1. The van der Waals surface area contributed by atoms with Crippen molar-refractivity contribution in [3.8, 4) is 17.0 Å². The summed E-state index contributed by atoms with van der Waals surface area (Å²) >= 11 is 1.45. The minimum Gasteiger partial charge on any atom is -0.496 e. The lowest BCUT2D eigenvalue weighted by Crippen LogP contribution is -2.43. The van der Waals surface area contributed by atoms with Crippen molar-refractivity contribution >= 4 is 32.4 Å². The Bertz CT molecular complexity index is 1480. The average molecular weight is 524 g/mol. The third-order valence-corrected chi connectivity index (χ3v) is 8.51. The lowest BCUT2D eigenvalue weighted by atomic mass is 10.0. The number of aromatic nitrogens is 2. The van der Waals surface area contributed by atoms with Crippen LogP contribution < -0.4 is 15.4 Å². The molecule has 4 heterocycles. The fourth-order valence-corrected chi connectivity index (χ4v) is 6.37. The number of carbonyl (C=O) groups is 1. The average Bonchev–Trinajstić information content (AvgIpc) is 3.59. The van der Waals surface area contributed by atoms with Crippen LogP contribution in [0.5, 0.6) is 5.75 Å². The van der Waals surface area contributed by atoms with E-state index in [1.54, 1.807) is 13.2 Å². The van der Waals surface area contributed by atoms with Gasteiger partial charge in [-0.05, 0) is 63.2 Å². The van der Waals surface area contributed by atoms with Gasteiger partial charge < -0.3 is 25.4 Å². The molecule has 37 heavy (non-hydrogen) atoms. The summed E-state index contributed by atoms with van der Waals surface area (Å²) in [4.78, 5) is 20.8. The molecule has 2 atom stereocenters. The first-order valence-corrected chi connectivity index (χ1v) is 13.4. The third-order valence-electron chi connectivity index (χ3n) is 7.49. The molecule has 3 N–H and O–H groups in total. The molecule has 194 valence electrons. The molecular formula is C27H30FN5O3S. The first kappa shape index (κ1) is 24.3. The molecule has 1 amide bonds. The number of nitrogens with one attached hydrogen (secondary N) is 2. The minimum atomic E-state index is -0.404. The van der Waals surface area contributed by atoms with E-state index >= 15 is 4.39 Å². The number of halogens is 1. The SMILES string of the molecule is COc1cc2c(cc1C(=O)NC1CCN(C)CC1)sc1nc(-c3ccc(C4C[C@@H](O)CN4)cc3F)cn12. The third kappa shape index (κ3) is 4.59. The van der Waals surface area contributed by atoms with Crippen LogP contribution in [-0.4, -0.2) is 71.2 Å². The Morgan fingerprint density at radius 3 is 2.78 bits per heavy atom. The maximum Gasteiger partial charge on any atom is 0.255 e. The number of carbonyl (C=O) groups excluding carboxylic acids is 1. The predicted octanol–water partition coefficient (Wildman–Crippen LogP) is 3.58. The smallest absolute Gasteiger partial charge is 0.255 e. The lowest BCUT2D eigenvalue weighted by Gasteiger charge is -2.29. The molecule has 2 aromatic heterocycles. The van der Waals surface area contributed by atoms with Crippen LogP contribution in [0.2, 0.25) is 0 Å². The monoisotopic (exact) mass is 523 g/mol. The van der Waals surface area contributed by atoms with Gasteiger partial charge in [0, 0.05) is 36.5 Å². The number of fused-ring (bicyclic) bond motifs is 3. The van der Waals surface area contributed by atoms with E-state index in [0.717, 1.165) is 41.7 Å². The summed E-state index contributed by atoms with van der Waals surface area (Å²) in [5.74, 6) is 0.0160. The number of aliphatic hydroxyl groups excluding tert-OH is 1. The highest BCUT2D eigenvalue weighted by Crippen LogP contribution is 2.35. The van der Waals surface area contributed by atoms with E-state index in [4.69, 9.17) is 9.72 Å². The Kier molecular flexibility index (Phi) is 6.36. The van der Waals surface area contributed by atoms with Crippen molar-refractivity contribution in [1.29, 1.82) is 0 Å². The van der Waals surface area contributed by atoms with Crippen molar-refractivity contribution in [2.45, 2.75) is 37.5 Å². The molecule has 0 aliphatic carbocycles. The van der Waals surface area contributed by atoms with Crippen LogP contribution in [0.4, 0.5) is 4.39 Å². The Balaban J connectivity index is 1.29. The number of benzene rings is 2. The van der Waals surface area contributed by atoms with E-state index in [2.05, 4.69) is 22.6 Å². The van der Waals surface area contributed by atoms with Crippen molar-refractivity contribution < 1.29 is 19.0 Å². The summed E-state index contributed by atoms with van der Waals surface area (Å²) in [6.07, 6.45) is 3.85. The van der Waals surface area contributed by atoms with Gasteiger partial charge >= 0.3 is 0 Å². The molecule has 6 rings (SSSR count). The normalized spacial score (nSPS) is 21.2. The summed E-state index contributed by atoms with van der Waals surface area (Å²) in [7, 11) is 3.66. The van der Waals surface area contributed by atoms with Gasteiger partial charge in [-0.2, -0.15) is 0 Å². The highest BCUT2D eigenvalue weighted by Gasteiger charge is 2.25. The van der Waals surface area contributed by atoms with Gasteiger partial charge in [-0.15, -0.1) is 0 Å². The van der Waals surface area contributed by atoms with Crippen LogP contribution in [0.3, 0.4) is 0 Å². The number of amides is 1. The quantitative estimate of drug-likeness (QED) is 0.371. The number of piperidine rings is 1. The van der Waals surface area contributed by atoms with E-state index in [1.165, 1.54) is 17.4 Å². The first-order chi connectivity index (χ1) is 17.9. The van der Waals surface area contributed by atoms with Gasteiger partial charge in [-0.3, -0.25) is 9.20 Å². The van der Waals surface area contributed by atoms with Gasteiger partial charge in [0.15, 0.2) is 4.96 Å². The highest BCUT2D eigenvalue weighted by atomic mass is 32.1. The molecule has 2 saturated heterocycles. The van der Waals surface area contributed by atoms with E-state index < -0.39 is 6.10 Å². The largest absolute Gasteiger partial charge is 0.496 e. The molecule has 2 aliphatic heterocycles. The van der Waals surface area contributed by atoms with Crippen molar-refractivity contribution in [1.82, 2.24) is 24.9 Å². The molecule has 2 aliphatic rings. The number of rotatable bonds is 5. The van der Waals surface area contributed by atoms with E-state index in [9.17, 15) is 9.90 Å². The highest BCUT2D eigenvalue weighted by molar-refractivity contribution is 7.23. The van der Waals surface area contributed by atoms with Gasteiger partial charge in [0.1, 0.15) is 11.6 Å². The summed E-state index contributed by atoms with van der Waals surface area (Å²) in [5, 5.41) is 16.2. The molecule has 8 nitrogen and oxygen atoms in total. The van der Waals surface area contributed by atoms with Gasteiger partial charge in [-0.25, -0.2) is 9.37 Å². The maximum absolute atomic E-state index is 15.1. The van der Waals surface area contributed by atoms with E-state index in [-0.39, 0.29) is 23.8 Å². The summed E-state index contributed by atoms with van der Waals surface area (Å²) in [6, 6.07) is 8.97. The second-order valence-electron chi connectivity index (χ2n) is 10.0. The molecule has 0 bridgehead atoms. The number of thiazole rings is 1. The topological polar surface area (TPSA) is 91.1 Å². The molecule has 0 spiro atoms. The summed E-state index contributed by atoms with van der Waals surface area (Å²) < 4.78 is 23.5. The number of hydrogen-bond acceptors (Lipinski definition) is 7. The zero-order valence-corrected chi connectivity index (χ0v) is 21.6.